The van der Waals surface area contributed by atoms with E-state index in [1.165, 1.54) is 6.08 Å². The Kier molecular flexibility index (Phi) is 5.74. The SMILES string of the molecule is C[C@@H](NC(=O)COC(=O)/C=C/c1ccc2c(c1)OCCO2)c1ccc2c(c1)OCO2. The molecule has 0 aliphatic carbocycles. The van der Waals surface area contributed by atoms with Crippen LogP contribution in [-0.4, -0.2) is 38.5 Å². The summed E-state index contributed by atoms with van der Waals surface area (Å²) in [5.41, 5.74) is 1.62. The molecule has 2 aliphatic rings. The van der Waals surface area contributed by atoms with Crippen molar-refractivity contribution in [1.29, 1.82) is 0 Å². The van der Waals surface area contributed by atoms with Gasteiger partial charge < -0.3 is 29.0 Å². The van der Waals surface area contributed by atoms with Gasteiger partial charge in [0.25, 0.3) is 5.91 Å². The third-order valence-corrected chi connectivity index (χ3v) is 4.60. The van der Waals surface area contributed by atoms with Crippen LogP contribution in [0.3, 0.4) is 0 Å². The molecule has 0 saturated carbocycles. The van der Waals surface area contributed by atoms with Crippen molar-refractivity contribution in [2.75, 3.05) is 26.6 Å². The Hall–Kier alpha value is -3.68. The van der Waals surface area contributed by atoms with E-state index in [-0.39, 0.29) is 19.4 Å². The largest absolute Gasteiger partial charge is 0.486 e. The fraction of sp³-hybridized carbons (Fsp3) is 0.273. The smallest absolute Gasteiger partial charge is 0.331 e. The summed E-state index contributed by atoms with van der Waals surface area (Å²) in [6.45, 7) is 2.65. The zero-order chi connectivity index (χ0) is 20.9. The topological polar surface area (TPSA) is 92.3 Å². The van der Waals surface area contributed by atoms with Crippen molar-refractivity contribution in [1.82, 2.24) is 5.32 Å². The second-order valence-corrected chi connectivity index (χ2v) is 6.75. The van der Waals surface area contributed by atoms with Crippen molar-refractivity contribution in [2.24, 2.45) is 0 Å². The first-order valence-corrected chi connectivity index (χ1v) is 9.52. The number of ether oxygens (including phenoxy) is 5. The number of amides is 1. The molecule has 2 aromatic carbocycles. The molecule has 0 unspecified atom stereocenters. The number of carbonyl (C=O) groups is 2. The third kappa shape index (κ3) is 4.65. The van der Waals surface area contributed by atoms with Gasteiger partial charge in [0.05, 0.1) is 6.04 Å². The molecule has 8 heteroatoms. The number of carbonyl (C=O) groups excluding carboxylic acids is 2. The number of esters is 1. The maximum absolute atomic E-state index is 12.1. The van der Waals surface area contributed by atoms with Crippen LogP contribution in [0, 0.1) is 0 Å². The van der Waals surface area contributed by atoms with E-state index in [0.29, 0.717) is 36.2 Å². The van der Waals surface area contributed by atoms with Crippen LogP contribution < -0.4 is 24.3 Å². The van der Waals surface area contributed by atoms with Gasteiger partial charge in [0.2, 0.25) is 6.79 Å². The Morgan fingerprint density at radius 1 is 1.00 bits per heavy atom. The van der Waals surface area contributed by atoms with Gasteiger partial charge in [-0.1, -0.05) is 12.1 Å². The van der Waals surface area contributed by atoms with Gasteiger partial charge in [-0.25, -0.2) is 4.79 Å². The third-order valence-electron chi connectivity index (χ3n) is 4.60. The summed E-state index contributed by atoms with van der Waals surface area (Å²) in [5.74, 6) is 1.61. The van der Waals surface area contributed by atoms with Crippen molar-refractivity contribution >= 4 is 18.0 Å². The standard InChI is InChI=1S/C22H21NO7/c1-14(16-4-6-18-20(11-16)30-13-29-18)23-21(24)12-28-22(25)7-3-15-2-5-17-19(10-15)27-9-8-26-17/h2-7,10-11,14H,8-9,12-13H2,1H3,(H,23,24)/b7-3+/t14-/m1/s1. The first-order valence-electron chi connectivity index (χ1n) is 9.52. The van der Waals surface area contributed by atoms with Crippen LogP contribution in [0.5, 0.6) is 23.0 Å². The summed E-state index contributed by atoms with van der Waals surface area (Å²) < 4.78 is 26.6. The summed E-state index contributed by atoms with van der Waals surface area (Å²) in [5, 5.41) is 2.78. The Morgan fingerprint density at radius 2 is 1.70 bits per heavy atom. The Bertz CT molecular complexity index is 985. The maximum atomic E-state index is 12.1. The Morgan fingerprint density at radius 3 is 2.57 bits per heavy atom. The molecule has 0 fully saturated rings. The van der Waals surface area contributed by atoms with Crippen LogP contribution in [-0.2, 0) is 14.3 Å². The fourth-order valence-corrected chi connectivity index (χ4v) is 3.06. The van der Waals surface area contributed by atoms with Gasteiger partial charge in [0.15, 0.2) is 29.6 Å². The van der Waals surface area contributed by atoms with E-state index in [1.807, 2.05) is 19.1 Å². The van der Waals surface area contributed by atoms with Gasteiger partial charge in [-0.3, -0.25) is 4.79 Å². The van der Waals surface area contributed by atoms with Crippen LogP contribution >= 0.6 is 0 Å². The molecule has 2 heterocycles. The number of nitrogens with one attached hydrogen (secondary N) is 1. The molecule has 2 aliphatic heterocycles. The number of hydrogen-bond donors (Lipinski definition) is 1. The van der Waals surface area contributed by atoms with Gasteiger partial charge >= 0.3 is 5.97 Å². The molecule has 8 nitrogen and oxygen atoms in total. The minimum Gasteiger partial charge on any atom is -0.486 e. The normalized spacial score (nSPS) is 15.0. The molecular weight excluding hydrogens is 390 g/mol. The summed E-state index contributed by atoms with van der Waals surface area (Å²) in [7, 11) is 0. The lowest BCUT2D eigenvalue weighted by Crippen LogP contribution is -2.30. The second kappa shape index (κ2) is 8.77. The van der Waals surface area contributed by atoms with Crippen LogP contribution in [0.2, 0.25) is 0 Å². The minimum atomic E-state index is -0.615. The van der Waals surface area contributed by atoms with E-state index in [9.17, 15) is 9.59 Å². The average Bonchev–Trinajstić information content (AvgIpc) is 3.24. The molecule has 0 spiro atoms. The van der Waals surface area contributed by atoms with E-state index in [2.05, 4.69) is 5.32 Å². The summed E-state index contributed by atoms with van der Waals surface area (Å²) >= 11 is 0. The van der Waals surface area contributed by atoms with Crippen LogP contribution in [0.15, 0.2) is 42.5 Å². The predicted molar refractivity (Wildman–Crippen MR) is 107 cm³/mol. The summed E-state index contributed by atoms with van der Waals surface area (Å²) in [4.78, 5) is 24.0. The molecule has 156 valence electrons. The molecule has 0 radical (unpaired) electrons. The van der Waals surface area contributed by atoms with Gasteiger partial charge in [-0.05, 0) is 48.4 Å². The van der Waals surface area contributed by atoms with Gasteiger partial charge in [0, 0.05) is 6.08 Å². The number of benzene rings is 2. The molecule has 1 atom stereocenters. The Labute approximate surface area is 173 Å². The number of rotatable bonds is 6. The van der Waals surface area contributed by atoms with Gasteiger partial charge in [-0.2, -0.15) is 0 Å². The average molecular weight is 411 g/mol. The van der Waals surface area contributed by atoms with Crippen molar-refractivity contribution in [2.45, 2.75) is 13.0 Å². The van der Waals surface area contributed by atoms with E-state index in [1.54, 1.807) is 30.3 Å². The van der Waals surface area contributed by atoms with E-state index >= 15 is 0 Å². The van der Waals surface area contributed by atoms with E-state index in [0.717, 1.165) is 11.1 Å². The van der Waals surface area contributed by atoms with Crippen LogP contribution in [0.4, 0.5) is 0 Å². The summed E-state index contributed by atoms with van der Waals surface area (Å²) in [6.07, 6.45) is 2.85. The molecule has 4 rings (SSSR count). The molecular formula is C22H21NO7. The first-order chi connectivity index (χ1) is 14.6. The lowest BCUT2D eigenvalue weighted by atomic mass is 10.1. The van der Waals surface area contributed by atoms with Crippen molar-refractivity contribution < 1.29 is 33.3 Å². The van der Waals surface area contributed by atoms with Gasteiger partial charge in [-0.15, -0.1) is 0 Å². The van der Waals surface area contributed by atoms with Crippen molar-refractivity contribution in [3.05, 3.63) is 53.6 Å². The van der Waals surface area contributed by atoms with Crippen molar-refractivity contribution in [3.8, 4) is 23.0 Å². The monoisotopic (exact) mass is 411 g/mol. The fourth-order valence-electron chi connectivity index (χ4n) is 3.06. The minimum absolute atomic E-state index is 0.190. The molecule has 0 bridgehead atoms. The highest BCUT2D eigenvalue weighted by molar-refractivity contribution is 5.89. The summed E-state index contributed by atoms with van der Waals surface area (Å²) in [6, 6.07) is 10.5. The second-order valence-electron chi connectivity index (χ2n) is 6.75. The molecule has 2 aromatic rings. The van der Waals surface area contributed by atoms with Gasteiger partial charge in [0.1, 0.15) is 13.2 Å². The maximum Gasteiger partial charge on any atom is 0.331 e. The molecule has 1 amide bonds. The number of fused-ring (bicyclic) bond motifs is 2. The first kappa shape index (κ1) is 19.6. The van der Waals surface area contributed by atoms with E-state index in [4.69, 9.17) is 23.7 Å². The lowest BCUT2D eigenvalue weighted by molar-refractivity contribution is -0.144. The van der Waals surface area contributed by atoms with Crippen molar-refractivity contribution in [3.63, 3.8) is 0 Å². The zero-order valence-electron chi connectivity index (χ0n) is 16.4. The predicted octanol–water partition coefficient (Wildman–Crippen LogP) is 2.62. The lowest BCUT2D eigenvalue weighted by Gasteiger charge is -2.18. The highest BCUT2D eigenvalue weighted by Crippen LogP contribution is 2.34. The van der Waals surface area contributed by atoms with E-state index < -0.39 is 11.9 Å². The Balaban J connectivity index is 1.25. The molecule has 0 saturated heterocycles. The van der Waals surface area contributed by atoms with Crippen LogP contribution in [0.1, 0.15) is 24.1 Å². The zero-order valence-corrected chi connectivity index (χ0v) is 16.4. The van der Waals surface area contributed by atoms with Crippen LogP contribution in [0.25, 0.3) is 6.08 Å². The molecule has 30 heavy (non-hydrogen) atoms. The quantitative estimate of drug-likeness (QED) is 0.577. The number of hydrogen-bond acceptors (Lipinski definition) is 7. The molecule has 1 N–H and O–H groups in total. The highest BCUT2D eigenvalue weighted by Gasteiger charge is 2.17. The highest BCUT2D eigenvalue weighted by atomic mass is 16.7. The molecule has 0 aromatic heterocycles.